The van der Waals surface area contributed by atoms with Gasteiger partial charge in [-0.3, -0.25) is 0 Å². The Bertz CT molecular complexity index is 760. The summed E-state index contributed by atoms with van der Waals surface area (Å²) in [5.74, 6) is 0. The van der Waals surface area contributed by atoms with Crippen LogP contribution >= 0.6 is 0 Å². The van der Waals surface area contributed by atoms with Gasteiger partial charge in [-0.05, 0) is 47.0 Å². The normalized spacial score (nSPS) is 11.2. The molecule has 0 fully saturated rings. The van der Waals surface area contributed by atoms with Crippen molar-refractivity contribution in [3.05, 3.63) is 96.1 Å². The van der Waals surface area contributed by atoms with Crippen LogP contribution in [0.25, 0.3) is 11.6 Å². The minimum Gasteiger partial charge on any atom is -0.399 e. The van der Waals surface area contributed by atoms with E-state index in [-0.39, 0.29) is 0 Å². The molecule has 3 aromatic rings. The standard InChI is InChI=1S/C21H20N2/c22-20-11-13-21(14-12-20)23-16-19(18-9-5-2-6-10-18)15-17-7-3-1-4-8-17/h1-15,23H,16,22H2/b19-15-. The first-order valence-corrected chi connectivity index (χ1v) is 7.72. The second kappa shape index (κ2) is 7.32. The van der Waals surface area contributed by atoms with Gasteiger partial charge in [0.2, 0.25) is 0 Å². The molecule has 0 bridgehead atoms. The highest BCUT2D eigenvalue weighted by molar-refractivity contribution is 5.83. The molecule has 0 unspecified atom stereocenters. The minimum absolute atomic E-state index is 0.753. The van der Waals surface area contributed by atoms with E-state index in [1.54, 1.807) is 0 Å². The monoisotopic (exact) mass is 300 g/mol. The maximum atomic E-state index is 5.74. The van der Waals surface area contributed by atoms with Crippen LogP contribution in [-0.2, 0) is 0 Å². The van der Waals surface area contributed by atoms with Crippen molar-refractivity contribution >= 4 is 23.0 Å². The predicted octanol–water partition coefficient (Wildman–Crippen LogP) is 4.92. The fourth-order valence-corrected chi connectivity index (χ4v) is 2.44. The van der Waals surface area contributed by atoms with Crippen LogP contribution in [0.4, 0.5) is 11.4 Å². The number of hydrogen-bond donors (Lipinski definition) is 2. The summed E-state index contributed by atoms with van der Waals surface area (Å²) in [5, 5.41) is 3.47. The molecule has 0 aliphatic rings. The molecular weight excluding hydrogens is 280 g/mol. The summed E-state index contributed by atoms with van der Waals surface area (Å²) in [4.78, 5) is 0. The molecule has 0 heterocycles. The topological polar surface area (TPSA) is 38.0 Å². The summed E-state index contributed by atoms with van der Waals surface area (Å²) >= 11 is 0. The number of hydrogen-bond acceptors (Lipinski definition) is 2. The van der Waals surface area contributed by atoms with E-state index in [0.717, 1.165) is 17.9 Å². The third-order valence-electron chi connectivity index (χ3n) is 3.68. The molecule has 0 saturated heterocycles. The zero-order valence-corrected chi connectivity index (χ0v) is 12.9. The van der Waals surface area contributed by atoms with Gasteiger partial charge in [0.05, 0.1) is 0 Å². The van der Waals surface area contributed by atoms with Crippen molar-refractivity contribution in [1.82, 2.24) is 0 Å². The molecular formula is C21H20N2. The maximum absolute atomic E-state index is 5.74. The first-order chi connectivity index (χ1) is 11.3. The quantitative estimate of drug-likeness (QED) is 0.518. The Kier molecular flexibility index (Phi) is 4.75. The lowest BCUT2D eigenvalue weighted by Gasteiger charge is -2.11. The van der Waals surface area contributed by atoms with Gasteiger partial charge in [-0.2, -0.15) is 0 Å². The molecule has 3 N–H and O–H groups in total. The van der Waals surface area contributed by atoms with E-state index >= 15 is 0 Å². The minimum atomic E-state index is 0.753. The first kappa shape index (κ1) is 14.9. The molecule has 2 heteroatoms. The fourth-order valence-electron chi connectivity index (χ4n) is 2.44. The van der Waals surface area contributed by atoms with E-state index in [1.807, 2.05) is 36.4 Å². The molecule has 0 atom stereocenters. The highest BCUT2D eigenvalue weighted by atomic mass is 14.9. The third kappa shape index (κ3) is 4.24. The molecule has 0 aliphatic carbocycles. The largest absolute Gasteiger partial charge is 0.399 e. The maximum Gasteiger partial charge on any atom is 0.0406 e. The third-order valence-corrected chi connectivity index (χ3v) is 3.68. The highest BCUT2D eigenvalue weighted by Gasteiger charge is 2.02. The van der Waals surface area contributed by atoms with Gasteiger partial charge in [0.15, 0.2) is 0 Å². The Balaban J connectivity index is 1.84. The molecule has 3 aromatic carbocycles. The molecule has 3 rings (SSSR count). The van der Waals surface area contributed by atoms with Gasteiger partial charge in [0, 0.05) is 17.9 Å². The van der Waals surface area contributed by atoms with E-state index in [2.05, 4.69) is 59.9 Å². The van der Waals surface area contributed by atoms with Crippen molar-refractivity contribution in [2.24, 2.45) is 0 Å². The van der Waals surface area contributed by atoms with Crippen LogP contribution in [0, 0.1) is 0 Å². The summed E-state index contributed by atoms with van der Waals surface area (Å²) in [6, 6.07) is 28.6. The Morgan fingerprint density at radius 3 is 2.04 bits per heavy atom. The van der Waals surface area contributed by atoms with Crippen LogP contribution in [0.5, 0.6) is 0 Å². The van der Waals surface area contributed by atoms with Gasteiger partial charge in [-0.25, -0.2) is 0 Å². The fraction of sp³-hybridized carbons (Fsp3) is 0.0476. The number of nitrogens with one attached hydrogen (secondary N) is 1. The second-order valence-corrected chi connectivity index (χ2v) is 5.42. The summed E-state index contributed by atoms with van der Waals surface area (Å²) in [6.45, 7) is 0.753. The molecule has 0 saturated carbocycles. The van der Waals surface area contributed by atoms with Crippen LogP contribution in [0.3, 0.4) is 0 Å². The van der Waals surface area contributed by atoms with Gasteiger partial charge in [-0.15, -0.1) is 0 Å². The van der Waals surface area contributed by atoms with E-state index in [9.17, 15) is 0 Å². The molecule has 114 valence electrons. The molecule has 0 aliphatic heterocycles. The van der Waals surface area contributed by atoms with Crippen molar-refractivity contribution < 1.29 is 0 Å². The van der Waals surface area contributed by atoms with E-state index in [4.69, 9.17) is 5.73 Å². The zero-order valence-electron chi connectivity index (χ0n) is 12.9. The molecule has 0 amide bonds. The Labute approximate surface area is 137 Å². The van der Waals surface area contributed by atoms with Crippen molar-refractivity contribution in [2.45, 2.75) is 0 Å². The molecule has 0 spiro atoms. The van der Waals surface area contributed by atoms with E-state index in [1.165, 1.54) is 16.7 Å². The second-order valence-electron chi connectivity index (χ2n) is 5.42. The lowest BCUT2D eigenvalue weighted by molar-refractivity contribution is 1.34. The summed E-state index contributed by atoms with van der Waals surface area (Å²) < 4.78 is 0. The van der Waals surface area contributed by atoms with Crippen molar-refractivity contribution in [3.8, 4) is 0 Å². The first-order valence-electron chi connectivity index (χ1n) is 7.72. The average Bonchev–Trinajstić information content (AvgIpc) is 2.61. The summed E-state index contributed by atoms with van der Waals surface area (Å²) in [6.07, 6.45) is 2.22. The molecule has 2 nitrogen and oxygen atoms in total. The Hall–Kier alpha value is -3.00. The average molecular weight is 300 g/mol. The van der Waals surface area contributed by atoms with Crippen LogP contribution in [0.2, 0.25) is 0 Å². The van der Waals surface area contributed by atoms with Gasteiger partial charge in [-0.1, -0.05) is 60.7 Å². The van der Waals surface area contributed by atoms with Crippen LogP contribution < -0.4 is 11.1 Å². The number of benzene rings is 3. The number of nitrogen functional groups attached to an aromatic ring is 1. The smallest absolute Gasteiger partial charge is 0.0406 e. The zero-order chi connectivity index (χ0) is 15.9. The number of rotatable bonds is 5. The van der Waals surface area contributed by atoms with Gasteiger partial charge < -0.3 is 11.1 Å². The lowest BCUT2D eigenvalue weighted by Crippen LogP contribution is -2.04. The van der Waals surface area contributed by atoms with E-state index < -0.39 is 0 Å². The lowest BCUT2D eigenvalue weighted by atomic mass is 10.0. The number of nitrogens with two attached hydrogens (primary N) is 1. The van der Waals surface area contributed by atoms with Crippen molar-refractivity contribution in [2.75, 3.05) is 17.6 Å². The molecule has 0 aromatic heterocycles. The van der Waals surface area contributed by atoms with Gasteiger partial charge in [0.1, 0.15) is 0 Å². The Morgan fingerprint density at radius 2 is 1.39 bits per heavy atom. The summed E-state index contributed by atoms with van der Waals surface area (Å²) in [7, 11) is 0. The van der Waals surface area contributed by atoms with Gasteiger partial charge in [0.25, 0.3) is 0 Å². The van der Waals surface area contributed by atoms with Crippen LogP contribution in [0.15, 0.2) is 84.9 Å². The van der Waals surface area contributed by atoms with E-state index in [0.29, 0.717) is 0 Å². The highest BCUT2D eigenvalue weighted by Crippen LogP contribution is 2.20. The number of anilines is 2. The van der Waals surface area contributed by atoms with Crippen LogP contribution in [0.1, 0.15) is 11.1 Å². The van der Waals surface area contributed by atoms with Crippen molar-refractivity contribution in [1.29, 1.82) is 0 Å². The summed E-state index contributed by atoms with van der Waals surface area (Å²) in [5.41, 5.74) is 11.2. The predicted molar refractivity (Wildman–Crippen MR) is 100 cm³/mol. The Morgan fingerprint density at radius 1 is 0.783 bits per heavy atom. The molecule has 23 heavy (non-hydrogen) atoms. The SMILES string of the molecule is Nc1ccc(NC/C(=C/c2ccccc2)c2ccccc2)cc1. The molecule has 0 radical (unpaired) electrons. The van der Waals surface area contributed by atoms with Gasteiger partial charge >= 0.3 is 0 Å². The van der Waals surface area contributed by atoms with Crippen molar-refractivity contribution in [3.63, 3.8) is 0 Å². The van der Waals surface area contributed by atoms with Crippen LogP contribution in [-0.4, -0.2) is 6.54 Å².